The third-order valence-corrected chi connectivity index (χ3v) is 5.31. The Morgan fingerprint density at radius 2 is 2.06 bits per heavy atom. The zero-order valence-electron chi connectivity index (χ0n) is 11.2. The molecule has 0 spiro atoms. The van der Waals surface area contributed by atoms with Crippen LogP contribution in [-0.4, -0.2) is 36.2 Å². The summed E-state index contributed by atoms with van der Waals surface area (Å²) in [6.45, 7) is 9.57. The third-order valence-electron chi connectivity index (χ3n) is 4.02. The predicted octanol–water partition coefficient (Wildman–Crippen LogP) is 2.66. The molecule has 1 unspecified atom stereocenters. The highest BCUT2D eigenvalue weighted by Crippen LogP contribution is 2.31. The molecule has 4 heteroatoms. The van der Waals surface area contributed by atoms with E-state index in [0.29, 0.717) is 5.41 Å². The molecule has 0 radical (unpaired) electrons. The molecule has 2 heterocycles. The summed E-state index contributed by atoms with van der Waals surface area (Å²) in [5.74, 6) is 1.14. The summed E-state index contributed by atoms with van der Waals surface area (Å²) in [5, 5.41) is 4.70. The van der Waals surface area contributed by atoms with Crippen molar-refractivity contribution in [3.63, 3.8) is 0 Å². The summed E-state index contributed by atoms with van der Waals surface area (Å²) in [6.07, 6.45) is 3.43. The third kappa shape index (κ3) is 3.38. The Morgan fingerprint density at radius 3 is 2.65 bits per heavy atom. The van der Waals surface area contributed by atoms with Crippen molar-refractivity contribution in [2.75, 3.05) is 25.5 Å². The summed E-state index contributed by atoms with van der Waals surface area (Å²) in [5.41, 5.74) is 0.596. The van der Waals surface area contributed by atoms with Crippen molar-refractivity contribution in [3.8, 4) is 0 Å². The molecule has 0 bridgehead atoms. The molecule has 0 amide bonds. The molecule has 0 aromatic heterocycles. The van der Waals surface area contributed by atoms with E-state index < -0.39 is 0 Å². The fourth-order valence-corrected chi connectivity index (χ4v) is 3.32. The number of rotatable bonds is 3. The smallest absolute Gasteiger partial charge is 0.157 e. The second kappa shape index (κ2) is 5.19. The van der Waals surface area contributed by atoms with Crippen molar-refractivity contribution >= 4 is 16.9 Å². The molecule has 2 aliphatic rings. The molecular weight excluding hydrogens is 232 g/mol. The van der Waals surface area contributed by atoms with E-state index in [4.69, 9.17) is 9.73 Å². The number of amidine groups is 1. The molecule has 1 N–H and O–H groups in total. The first-order valence-corrected chi connectivity index (χ1v) is 7.57. The number of nitrogens with zero attached hydrogens (tertiary/aromatic N) is 1. The zero-order valence-corrected chi connectivity index (χ0v) is 12.0. The van der Waals surface area contributed by atoms with Gasteiger partial charge in [-0.3, -0.25) is 4.99 Å². The average Bonchev–Trinajstić information content (AvgIpc) is 2.71. The molecule has 3 nitrogen and oxygen atoms in total. The SMILES string of the molecule is CCC1(C)CSC(=NCC2(C)CCOCC2)N1. The minimum atomic E-state index is 0.250. The van der Waals surface area contributed by atoms with E-state index in [1.54, 1.807) is 0 Å². The highest BCUT2D eigenvalue weighted by atomic mass is 32.2. The number of hydrogen-bond donors (Lipinski definition) is 1. The van der Waals surface area contributed by atoms with Crippen molar-refractivity contribution in [1.82, 2.24) is 5.32 Å². The fraction of sp³-hybridized carbons (Fsp3) is 0.923. The molecule has 17 heavy (non-hydrogen) atoms. The zero-order chi connectivity index (χ0) is 12.4. The monoisotopic (exact) mass is 256 g/mol. The van der Waals surface area contributed by atoms with Crippen LogP contribution in [0.1, 0.15) is 40.0 Å². The number of hydrogen-bond acceptors (Lipinski definition) is 3. The molecule has 0 saturated carbocycles. The van der Waals surface area contributed by atoms with Gasteiger partial charge < -0.3 is 10.1 Å². The Balaban J connectivity index is 1.89. The van der Waals surface area contributed by atoms with Crippen LogP contribution in [-0.2, 0) is 4.74 Å². The molecule has 0 aromatic carbocycles. The summed E-state index contributed by atoms with van der Waals surface area (Å²) >= 11 is 1.87. The van der Waals surface area contributed by atoms with E-state index in [2.05, 4.69) is 26.1 Å². The Bertz CT molecular complexity index is 300. The number of aliphatic imine (C=N–C) groups is 1. The largest absolute Gasteiger partial charge is 0.381 e. The van der Waals surface area contributed by atoms with E-state index in [1.165, 1.54) is 0 Å². The van der Waals surface area contributed by atoms with Gasteiger partial charge in [0.2, 0.25) is 0 Å². The minimum Gasteiger partial charge on any atom is -0.381 e. The van der Waals surface area contributed by atoms with Crippen LogP contribution in [0.4, 0.5) is 0 Å². The molecule has 2 fully saturated rings. The van der Waals surface area contributed by atoms with Gasteiger partial charge in [0.15, 0.2) is 5.17 Å². The van der Waals surface area contributed by atoms with Crippen molar-refractivity contribution in [1.29, 1.82) is 0 Å². The normalized spacial score (nSPS) is 34.9. The molecule has 1 atom stereocenters. The minimum absolute atomic E-state index is 0.250. The Kier molecular flexibility index (Phi) is 4.03. The number of ether oxygens (including phenoxy) is 1. The van der Waals surface area contributed by atoms with Gasteiger partial charge in [-0.25, -0.2) is 0 Å². The van der Waals surface area contributed by atoms with Crippen LogP contribution in [0.2, 0.25) is 0 Å². The average molecular weight is 256 g/mol. The first-order chi connectivity index (χ1) is 8.05. The van der Waals surface area contributed by atoms with Gasteiger partial charge in [-0.05, 0) is 31.6 Å². The van der Waals surface area contributed by atoms with Crippen molar-refractivity contribution in [2.24, 2.45) is 10.4 Å². The van der Waals surface area contributed by atoms with Gasteiger partial charge in [-0.2, -0.15) is 0 Å². The topological polar surface area (TPSA) is 33.6 Å². The summed E-state index contributed by atoms with van der Waals surface area (Å²) in [4.78, 5) is 4.77. The summed E-state index contributed by atoms with van der Waals surface area (Å²) in [7, 11) is 0. The molecule has 2 aliphatic heterocycles. The van der Waals surface area contributed by atoms with Gasteiger partial charge in [-0.1, -0.05) is 25.6 Å². The standard InChI is InChI=1S/C13H24N2OS/c1-4-13(3)10-17-11(15-13)14-9-12(2)5-7-16-8-6-12/h4-10H2,1-3H3,(H,14,15). The predicted molar refractivity (Wildman–Crippen MR) is 74.8 cm³/mol. The number of thioether (sulfide) groups is 1. The van der Waals surface area contributed by atoms with Crippen LogP contribution < -0.4 is 5.32 Å². The number of nitrogens with one attached hydrogen (secondary N) is 1. The van der Waals surface area contributed by atoms with E-state index in [1.807, 2.05) is 11.8 Å². The molecule has 0 aromatic rings. The highest BCUT2D eigenvalue weighted by Gasteiger charge is 2.32. The Labute approximate surface area is 109 Å². The van der Waals surface area contributed by atoms with E-state index >= 15 is 0 Å². The van der Waals surface area contributed by atoms with E-state index in [9.17, 15) is 0 Å². The molecule has 98 valence electrons. The van der Waals surface area contributed by atoms with Gasteiger partial charge >= 0.3 is 0 Å². The van der Waals surface area contributed by atoms with E-state index in [-0.39, 0.29) is 5.54 Å². The second-order valence-electron chi connectivity index (χ2n) is 5.87. The summed E-state index contributed by atoms with van der Waals surface area (Å²) in [6, 6.07) is 0. The van der Waals surface area contributed by atoms with Gasteiger partial charge in [0, 0.05) is 31.1 Å². The molecule has 2 saturated heterocycles. The quantitative estimate of drug-likeness (QED) is 0.843. The lowest BCUT2D eigenvalue weighted by molar-refractivity contribution is 0.0283. The maximum atomic E-state index is 5.42. The van der Waals surface area contributed by atoms with Crippen molar-refractivity contribution in [3.05, 3.63) is 0 Å². The van der Waals surface area contributed by atoms with Gasteiger partial charge in [0.1, 0.15) is 0 Å². The van der Waals surface area contributed by atoms with Crippen molar-refractivity contribution < 1.29 is 4.74 Å². The van der Waals surface area contributed by atoms with Crippen LogP contribution in [0.15, 0.2) is 4.99 Å². The molecule has 2 rings (SSSR count). The first kappa shape index (κ1) is 13.2. The Hall–Kier alpha value is -0.220. The van der Waals surface area contributed by atoms with Gasteiger partial charge in [0.25, 0.3) is 0 Å². The lowest BCUT2D eigenvalue weighted by Crippen LogP contribution is -2.40. The summed E-state index contributed by atoms with van der Waals surface area (Å²) < 4.78 is 5.42. The highest BCUT2D eigenvalue weighted by molar-refractivity contribution is 8.14. The Morgan fingerprint density at radius 1 is 1.35 bits per heavy atom. The maximum Gasteiger partial charge on any atom is 0.157 e. The van der Waals surface area contributed by atoms with E-state index in [0.717, 1.165) is 49.9 Å². The second-order valence-corrected chi connectivity index (χ2v) is 6.84. The van der Waals surface area contributed by atoms with Crippen molar-refractivity contribution in [2.45, 2.75) is 45.6 Å². The first-order valence-electron chi connectivity index (χ1n) is 6.58. The lowest BCUT2D eigenvalue weighted by Gasteiger charge is -2.32. The fourth-order valence-electron chi connectivity index (χ4n) is 2.12. The maximum absolute atomic E-state index is 5.42. The van der Waals surface area contributed by atoms with Crippen LogP contribution in [0.5, 0.6) is 0 Å². The van der Waals surface area contributed by atoms with Gasteiger partial charge in [-0.15, -0.1) is 0 Å². The molecular formula is C13H24N2OS. The van der Waals surface area contributed by atoms with Crippen LogP contribution in [0, 0.1) is 5.41 Å². The van der Waals surface area contributed by atoms with Crippen LogP contribution >= 0.6 is 11.8 Å². The van der Waals surface area contributed by atoms with Gasteiger partial charge in [0.05, 0.1) is 0 Å². The van der Waals surface area contributed by atoms with Crippen LogP contribution in [0.3, 0.4) is 0 Å². The lowest BCUT2D eigenvalue weighted by atomic mass is 9.83. The van der Waals surface area contributed by atoms with Crippen LogP contribution in [0.25, 0.3) is 0 Å². The molecule has 0 aliphatic carbocycles.